The highest BCUT2D eigenvalue weighted by atomic mass is 127. The number of piperidine rings is 1. The number of carbonyl (C=O) groups is 2. The van der Waals surface area contributed by atoms with Gasteiger partial charge in [-0.15, -0.1) is 24.0 Å². The molecule has 2 amide bonds. The number of nitrogens with one attached hydrogen (secondary N) is 2. The summed E-state index contributed by atoms with van der Waals surface area (Å²) in [6.45, 7) is 18.6. The number of hydrogen-bond acceptors (Lipinski definition) is 4. The Labute approximate surface area is 205 Å². The van der Waals surface area contributed by atoms with E-state index < -0.39 is 5.60 Å². The van der Waals surface area contributed by atoms with E-state index in [-0.39, 0.29) is 41.9 Å². The number of amides is 2. The van der Waals surface area contributed by atoms with Crippen LogP contribution < -0.4 is 10.6 Å². The van der Waals surface area contributed by atoms with Gasteiger partial charge in [0.15, 0.2) is 5.96 Å². The molecule has 1 fully saturated rings. The number of carbonyl (C=O) groups excluding carboxylic acids is 2. The molecule has 2 N–H and O–H groups in total. The van der Waals surface area contributed by atoms with Crippen molar-refractivity contribution < 1.29 is 14.3 Å². The zero-order valence-electron chi connectivity index (χ0n) is 20.5. The summed E-state index contributed by atoms with van der Waals surface area (Å²) in [5.74, 6) is 1.40. The number of guanidine groups is 1. The van der Waals surface area contributed by atoms with Crippen LogP contribution in [0.3, 0.4) is 0 Å². The molecule has 0 atom stereocenters. The van der Waals surface area contributed by atoms with Crippen LogP contribution in [0, 0.1) is 11.8 Å². The van der Waals surface area contributed by atoms with Crippen molar-refractivity contribution in [1.82, 2.24) is 20.4 Å². The summed E-state index contributed by atoms with van der Waals surface area (Å²) in [6, 6.07) is 0. The summed E-state index contributed by atoms with van der Waals surface area (Å²) in [6.07, 6.45) is 1.78. The van der Waals surface area contributed by atoms with Crippen LogP contribution in [0.25, 0.3) is 0 Å². The molecule has 0 aromatic heterocycles. The van der Waals surface area contributed by atoms with E-state index in [1.807, 2.05) is 46.4 Å². The first-order valence-electron chi connectivity index (χ1n) is 11.4. The predicted molar refractivity (Wildman–Crippen MR) is 137 cm³/mol. The van der Waals surface area contributed by atoms with Crippen LogP contribution in [0.4, 0.5) is 4.79 Å². The van der Waals surface area contributed by atoms with Gasteiger partial charge in [-0.05, 0) is 53.4 Å². The Morgan fingerprint density at radius 3 is 2.26 bits per heavy atom. The van der Waals surface area contributed by atoms with Crippen molar-refractivity contribution in [3.63, 3.8) is 0 Å². The van der Waals surface area contributed by atoms with Gasteiger partial charge in [0.2, 0.25) is 5.91 Å². The molecular weight excluding hydrogens is 509 g/mol. The lowest BCUT2D eigenvalue weighted by molar-refractivity contribution is -0.123. The van der Waals surface area contributed by atoms with E-state index in [4.69, 9.17) is 4.74 Å². The zero-order valence-corrected chi connectivity index (χ0v) is 22.8. The summed E-state index contributed by atoms with van der Waals surface area (Å²) in [5.41, 5.74) is -0.473. The van der Waals surface area contributed by atoms with Crippen molar-refractivity contribution >= 4 is 41.9 Å². The number of likely N-dealkylation sites (tertiary alicyclic amines) is 1. The number of hydrogen-bond donors (Lipinski definition) is 2. The molecule has 0 aromatic carbocycles. The SMILES string of the molecule is CCNC(=NCCNC(=O)C(C)C)N1CCC(CN(CC)C(=O)OC(C)(C)C)CC1.I. The van der Waals surface area contributed by atoms with Gasteiger partial charge in [0.05, 0.1) is 6.54 Å². The lowest BCUT2D eigenvalue weighted by atomic mass is 9.96. The molecule has 1 rings (SSSR count). The van der Waals surface area contributed by atoms with Crippen LogP contribution in [0.2, 0.25) is 0 Å². The molecule has 0 unspecified atom stereocenters. The minimum absolute atomic E-state index is 0. The molecular formula is C22H44IN5O3. The van der Waals surface area contributed by atoms with Crippen LogP contribution in [0.15, 0.2) is 4.99 Å². The quantitative estimate of drug-likeness (QED) is 0.209. The van der Waals surface area contributed by atoms with Crippen molar-refractivity contribution in [3.05, 3.63) is 0 Å². The molecule has 182 valence electrons. The van der Waals surface area contributed by atoms with E-state index in [0.29, 0.717) is 25.6 Å². The van der Waals surface area contributed by atoms with Crippen LogP contribution in [-0.2, 0) is 9.53 Å². The third kappa shape index (κ3) is 11.8. The second kappa shape index (κ2) is 14.7. The van der Waals surface area contributed by atoms with Gasteiger partial charge in [-0.3, -0.25) is 9.79 Å². The van der Waals surface area contributed by atoms with E-state index in [9.17, 15) is 9.59 Å². The van der Waals surface area contributed by atoms with E-state index in [1.54, 1.807) is 0 Å². The minimum atomic E-state index is -0.473. The lowest BCUT2D eigenvalue weighted by Gasteiger charge is -2.36. The van der Waals surface area contributed by atoms with Crippen LogP contribution in [0.1, 0.15) is 61.3 Å². The maximum absolute atomic E-state index is 12.4. The summed E-state index contributed by atoms with van der Waals surface area (Å²) < 4.78 is 5.53. The fourth-order valence-electron chi connectivity index (χ4n) is 3.27. The maximum atomic E-state index is 12.4. The number of nitrogens with zero attached hydrogens (tertiary/aromatic N) is 3. The zero-order chi connectivity index (χ0) is 22.7. The molecule has 0 radical (unpaired) electrons. The van der Waals surface area contributed by atoms with Gasteiger partial charge in [-0.1, -0.05) is 13.8 Å². The Morgan fingerprint density at radius 2 is 1.77 bits per heavy atom. The van der Waals surface area contributed by atoms with E-state index in [1.165, 1.54) is 0 Å². The topological polar surface area (TPSA) is 86.3 Å². The van der Waals surface area contributed by atoms with Gasteiger partial charge in [0, 0.05) is 45.2 Å². The molecule has 31 heavy (non-hydrogen) atoms. The van der Waals surface area contributed by atoms with Crippen LogP contribution >= 0.6 is 24.0 Å². The Hall–Kier alpha value is -1.26. The third-order valence-corrected chi connectivity index (χ3v) is 4.96. The summed E-state index contributed by atoms with van der Waals surface area (Å²) in [7, 11) is 0. The van der Waals surface area contributed by atoms with Crippen LogP contribution in [-0.4, -0.2) is 79.2 Å². The normalized spacial score (nSPS) is 15.4. The highest BCUT2D eigenvalue weighted by molar-refractivity contribution is 14.0. The molecule has 8 nitrogen and oxygen atoms in total. The first-order valence-corrected chi connectivity index (χ1v) is 11.4. The van der Waals surface area contributed by atoms with E-state index in [2.05, 4.69) is 27.4 Å². The Kier molecular flexibility index (Phi) is 14.1. The summed E-state index contributed by atoms with van der Waals surface area (Å²) in [5, 5.41) is 6.26. The highest BCUT2D eigenvalue weighted by Crippen LogP contribution is 2.20. The Balaban J connectivity index is 0.00000900. The van der Waals surface area contributed by atoms with Gasteiger partial charge >= 0.3 is 6.09 Å². The van der Waals surface area contributed by atoms with Gasteiger partial charge in [-0.2, -0.15) is 0 Å². The van der Waals surface area contributed by atoms with Crippen molar-refractivity contribution in [1.29, 1.82) is 0 Å². The molecule has 0 bridgehead atoms. The molecule has 0 spiro atoms. The van der Waals surface area contributed by atoms with E-state index in [0.717, 1.165) is 45.0 Å². The Morgan fingerprint density at radius 1 is 1.16 bits per heavy atom. The van der Waals surface area contributed by atoms with Crippen molar-refractivity contribution in [2.75, 3.05) is 45.8 Å². The molecule has 1 saturated heterocycles. The molecule has 9 heteroatoms. The average Bonchev–Trinajstić information content (AvgIpc) is 2.67. The molecule has 0 aliphatic carbocycles. The molecule has 1 heterocycles. The van der Waals surface area contributed by atoms with Gasteiger partial charge in [-0.25, -0.2) is 4.79 Å². The van der Waals surface area contributed by atoms with Gasteiger partial charge < -0.3 is 25.2 Å². The number of aliphatic imine (C=N–C) groups is 1. The second-order valence-corrected chi connectivity index (χ2v) is 9.13. The second-order valence-electron chi connectivity index (χ2n) is 9.13. The highest BCUT2D eigenvalue weighted by Gasteiger charge is 2.27. The monoisotopic (exact) mass is 553 g/mol. The Bertz CT molecular complexity index is 570. The van der Waals surface area contributed by atoms with Crippen LogP contribution in [0.5, 0.6) is 0 Å². The number of halogens is 1. The van der Waals surface area contributed by atoms with Crippen molar-refractivity contribution in [2.24, 2.45) is 16.8 Å². The first kappa shape index (κ1) is 29.7. The van der Waals surface area contributed by atoms with Crippen molar-refractivity contribution in [3.8, 4) is 0 Å². The van der Waals surface area contributed by atoms with Crippen molar-refractivity contribution in [2.45, 2.75) is 66.9 Å². The van der Waals surface area contributed by atoms with E-state index >= 15 is 0 Å². The number of rotatable bonds is 8. The molecule has 1 aliphatic rings. The smallest absolute Gasteiger partial charge is 0.410 e. The minimum Gasteiger partial charge on any atom is -0.444 e. The number of ether oxygens (including phenoxy) is 1. The standard InChI is InChI=1S/C22H43N5O3.HI/c1-8-23-20(25-13-12-24-19(28)17(3)4)27-14-10-18(11-15-27)16-26(9-2)21(29)30-22(5,6)7;/h17-18H,8-16H2,1-7H3,(H,23,25)(H,24,28);1H. The molecule has 0 saturated carbocycles. The average molecular weight is 554 g/mol. The molecule has 1 aliphatic heterocycles. The largest absolute Gasteiger partial charge is 0.444 e. The first-order chi connectivity index (χ1) is 14.1. The lowest BCUT2D eigenvalue weighted by Crippen LogP contribution is -2.48. The maximum Gasteiger partial charge on any atom is 0.410 e. The summed E-state index contributed by atoms with van der Waals surface area (Å²) in [4.78, 5) is 32.8. The fourth-order valence-corrected chi connectivity index (χ4v) is 3.27. The third-order valence-electron chi connectivity index (χ3n) is 4.96. The predicted octanol–water partition coefficient (Wildman–Crippen LogP) is 3.31. The molecule has 0 aromatic rings. The summed E-state index contributed by atoms with van der Waals surface area (Å²) >= 11 is 0. The fraction of sp³-hybridized carbons (Fsp3) is 0.864. The van der Waals surface area contributed by atoms with Gasteiger partial charge in [0.25, 0.3) is 0 Å². The van der Waals surface area contributed by atoms with Gasteiger partial charge in [0.1, 0.15) is 5.60 Å².